The average molecular weight is 247 g/mol. The first-order valence-corrected chi connectivity index (χ1v) is 4.38. The molecule has 0 rings (SSSR count). The third-order valence-corrected chi connectivity index (χ3v) is 0. The van der Waals surface area contributed by atoms with E-state index in [9.17, 15) is 0 Å². The minimum Gasteiger partial charge on any atom is -0.822 e. The summed E-state index contributed by atoms with van der Waals surface area (Å²) >= 11 is 0. The molecule has 0 fully saturated rings. The summed E-state index contributed by atoms with van der Waals surface area (Å²) in [6, 6.07) is 0. The molecule has 69 valence electrons. The first-order valence-electron chi connectivity index (χ1n) is 1.46. The summed E-state index contributed by atoms with van der Waals surface area (Å²) in [7, 11) is -10.8. The fourth-order valence-electron chi connectivity index (χ4n) is 0. The second kappa shape index (κ2) is 6.28. The van der Waals surface area contributed by atoms with E-state index in [2.05, 4.69) is 0 Å². The van der Waals surface area contributed by atoms with Crippen molar-refractivity contribution in [2.75, 3.05) is 0 Å². The molecular weight excluding hydrogens is 245 g/mol. The zero-order valence-electron chi connectivity index (χ0n) is 6.54. The Morgan fingerprint density at radius 2 is 0.727 bits per heavy atom. The summed E-state index contributed by atoms with van der Waals surface area (Å²) in [5.41, 5.74) is 0. The van der Waals surface area contributed by atoms with Crippen LogP contribution in [0.25, 0.3) is 0 Å². The molecule has 0 saturated heterocycles. The van der Waals surface area contributed by atoms with E-state index in [1.807, 2.05) is 0 Å². The maximum atomic E-state index is 8.55. The van der Waals surface area contributed by atoms with Crippen LogP contribution in [0.1, 0.15) is 2.85 Å². The standard InChI is InChI=1S/Mn.2H3O4P/c;2*1-5(2,3)4/h;2*(H3,1,2,3,4)/q+2;;/p-4. The van der Waals surface area contributed by atoms with Gasteiger partial charge in [0.25, 0.3) is 0 Å². The van der Waals surface area contributed by atoms with Gasteiger partial charge >= 0.3 is 19.9 Å². The van der Waals surface area contributed by atoms with E-state index in [0.29, 0.717) is 0 Å². The van der Waals surface area contributed by atoms with Crippen molar-refractivity contribution in [1.82, 2.24) is 0 Å². The van der Waals surface area contributed by atoms with E-state index in [4.69, 9.17) is 38.5 Å². The molecule has 0 aromatic carbocycles. The largest absolute Gasteiger partial charge is 2.00 e. The molecule has 0 bridgehead atoms. The summed E-state index contributed by atoms with van der Waals surface area (Å²) in [6.07, 6.45) is 0. The molecule has 0 atom stereocenters. The molecule has 0 aliphatic heterocycles. The van der Waals surface area contributed by atoms with Gasteiger partial charge in [0, 0.05) is 0 Å². The Morgan fingerprint density at radius 3 is 0.727 bits per heavy atom. The summed E-state index contributed by atoms with van der Waals surface area (Å²) in [4.78, 5) is 51.3. The Hall–Kier alpha value is 0.739. The normalized spacial score (nSPS) is 10.7. The van der Waals surface area contributed by atoms with Gasteiger partial charge in [0.15, 0.2) is 0 Å². The first-order chi connectivity index (χ1) is 4.00. The smallest absolute Gasteiger partial charge is 0.822 e. The Morgan fingerprint density at radius 1 is 0.727 bits per heavy atom. The topological polar surface area (TPSA) is 172 Å². The van der Waals surface area contributed by atoms with Gasteiger partial charge in [0.1, 0.15) is 0 Å². The molecule has 8 nitrogen and oxygen atoms in total. The van der Waals surface area contributed by atoms with Crippen LogP contribution in [0.2, 0.25) is 0 Å². The molecule has 0 aliphatic rings. The molecule has 0 heterocycles. The molecule has 0 aromatic rings. The fourth-order valence-corrected chi connectivity index (χ4v) is 0. The molecule has 11 heavy (non-hydrogen) atoms. The van der Waals surface area contributed by atoms with E-state index < -0.39 is 15.6 Å². The molecule has 0 aliphatic carbocycles. The van der Waals surface area contributed by atoms with Gasteiger partial charge in [-0.3, -0.25) is 0 Å². The molecular formula is H2MnO8P2-2. The Kier molecular flexibility index (Phi) is 10.1. The van der Waals surface area contributed by atoms with E-state index >= 15 is 0 Å². The van der Waals surface area contributed by atoms with E-state index in [1.165, 1.54) is 0 Å². The maximum absolute atomic E-state index is 8.55. The van der Waals surface area contributed by atoms with Crippen LogP contribution in [0, 0.1) is 0 Å². The van der Waals surface area contributed by atoms with Gasteiger partial charge in [-0.05, 0) is 0 Å². The third-order valence-electron chi connectivity index (χ3n) is 0. The van der Waals surface area contributed by atoms with Crippen LogP contribution in [0.5, 0.6) is 0 Å². The first kappa shape index (κ1) is 17.7. The molecule has 1 radical (unpaired) electrons. The quantitative estimate of drug-likeness (QED) is 0.301. The number of phosphoric acid groups is 2. The van der Waals surface area contributed by atoms with Crippen LogP contribution in [0.3, 0.4) is 0 Å². The van der Waals surface area contributed by atoms with Crippen molar-refractivity contribution in [1.29, 1.82) is 0 Å². The van der Waals surface area contributed by atoms with E-state index in [0.717, 1.165) is 0 Å². The van der Waals surface area contributed by atoms with Gasteiger partial charge in [-0.1, -0.05) is 0 Å². The summed E-state index contributed by atoms with van der Waals surface area (Å²) in [5, 5.41) is 0. The Labute approximate surface area is 74.8 Å². The summed E-state index contributed by atoms with van der Waals surface area (Å²) in [5.74, 6) is 0. The second-order valence-electron chi connectivity index (χ2n) is 0.894. The van der Waals surface area contributed by atoms with Crippen molar-refractivity contribution in [2.24, 2.45) is 0 Å². The van der Waals surface area contributed by atoms with Gasteiger partial charge < -0.3 is 38.5 Å². The third kappa shape index (κ3) is 1500. The van der Waals surface area contributed by atoms with E-state index in [1.54, 1.807) is 0 Å². The summed E-state index contributed by atoms with van der Waals surface area (Å²) in [6.45, 7) is 0. The van der Waals surface area contributed by atoms with Gasteiger partial charge in [0.05, 0.1) is 0 Å². The zero-order valence-corrected chi connectivity index (χ0v) is 7.51. The van der Waals surface area contributed by atoms with Crippen LogP contribution in [-0.2, 0) is 26.2 Å². The predicted octanol–water partition coefficient (Wildman–Crippen LogP) is -5.43. The van der Waals surface area contributed by atoms with Crippen molar-refractivity contribution in [2.45, 2.75) is 0 Å². The van der Waals surface area contributed by atoms with Gasteiger partial charge in [-0.2, -0.15) is 15.6 Å². The number of hydrogen-bond donors (Lipinski definition) is 0. The SMILES string of the molecule is O=P([O-])([O-])[O-].O=P([O-])([O-])[O-].[H+].[H+].[Mn+2]. The van der Waals surface area contributed by atoms with Gasteiger partial charge in [0.2, 0.25) is 0 Å². The number of rotatable bonds is 0. The van der Waals surface area contributed by atoms with Crippen molar-refractivity contribution >= 4 is 15.6 Å². The molecule has 0 aromatic heterocycles. The molecule has 0 amide bonds. The number of hydrogen-bond acceptors (Lipinski definition) is 8. The van der Waals surface area contributed by atoms with Crippen LogP contribution < -0.4 is 29.4 Å². The molecule has 11 heteroatoms. The Balaban J connectivity index is -0.0000000267. The van der Waals surface area contributed by atoms with Crippen molar-refractivity contribution in [3.63, 3.8) is 0 Å². The average Bonchev–Trinajstić information content (AvgIpc) is 1.12. The maximum Gasteiger partial charge on any atom is 2.00 e. The van der Waals surface area contributed by atoms with Crippen molar-refractivity contribution in [3.05, 3.63) is 0 Å². The van der Waals surface area contributed by atoms with Crippen LogP contribution in [0.15, 0.2) is 0 Å². The van der Waals surface area contributed by atoms with E-state index in [-0.39, 0.29) is 19.9 Å². The second-order valence-corrected chi connectivity index (χ2v) is 2.68. The molecule has 0 N–H and O–H groups in total. The van der Waals surface area contributed by atoms with Crippen LogP contribution >= 0.6 is 15.6 Å². The fraction of sp³-hybridized carbons (Fsp3) is 0. The minimum atomic E-state index is -5.39. The predicted molar refractivity (Wildman–Crippen MR) is 17.4 cm³/mol. The van der Waals surface area contributed by atoms with Crippen molar-refractivity contribution < 1.29 is 58.4 Å². The van der Waals surface area contributed by atoms with Crippen molar-refractivity contribution in [3.8, 4) is 0 Å². The molecule has 0 spiro atoms. The summed E-state index contributed by atoms with van der Waals surface area (Å²) < 4.78 is 17.1. The Bertz CT molecular complexity index is 132. The molecule has 0 saturated carbocycles. The van der Waals surface area contributed by atoms with Gasteiger partial charge in [-0.25, -0.2) is 0 Å². The van der Waals surface area contributed by atoms with Crippen LogP contribution in [0.4, 0.5) is 0 Å². The van der Waals surface area contributed by atoms with Gasteiger partial charge in [-0.15, -0.1) is 0 Å². The zero-order chi connectivity index (χ0) is 9.00. The van der Waals surface area contributed by atoms with Crippen LogP contribution in [-0.4, -0.2) is 0 Å². The monoisotopic (exact) mass is 247 g/mol. The minimum absolute atomic E-state index is 0. The molecule has 0 unspecified atom stereocenters.